The van der Waals surface area contributed by atoms with Crippen LogP contribution in [0.1, 0.15) is 59.4 Å². The Bertz CT molecular complexity index is 1340. The zero-order valence-corrected chi connectivity index (χ0v) is 22.1. The first-order chi connectivity index (χ1) is 16.9. The molecule has 0 aliphatic heterocycles. The molecular weight excluding hydrogens is 472 g/mol. The fraction of sp³-hybridized carbons (Fsp3) is 0.200. The van der Waals surface area contributed by atoms with Crippen molar-refractivity contribution in [3.8, 4) is 6.19 Å². The number of rotatable bonds is 9. The fourth-order valence-electron chi connectivity index (χ4n) is 4.33. The summed E-state index contributed by atoms with van der Waals surface area (Å²) in [6.07, 6.45) is 7.69. The SMILES string of the molecule is CCC(=C(/NC#N)c1ccccc1C)/C(=C(\CC)c1cc(C)sc1Cl)c1ccc(/C=C/C=O)cc1. The number of thiophene rings is 1. The number of carbonyl (C=O) groups excluding carboxylic acids is 1. The van der Waals surface area contributed by atoms with E-state index in [0.717, 1.165) is 72.2 Å². The fourth-order valence-corrected chi connectivity index (χ4v) is 5.61. The van der Waals surface area contributed by atoms with E-state index in [0.29, 0.717) is 6.42 Å². The molecule has 0 fully saturated rings. The normalized spacial score (nSPS) is 12.7. The van der Waals surface area contributed by atoms with E-state index in [-0.39, 0.29) is 0 Å². The molecule has 0 saturated heterocycles. The van der Waals surface area contributed by atoms with Gasteiger partial charge in [0.25, 0.3) is 0 Å². The lowest BCUT2D eigenvalue weighted by molar-refractivity contribution is -0.104. The molecule has 3 nitrogen and oxygen atoms in total. The van der Waals surface area contributed by atoms with Crippen molar-refractivity contribution < 1.29 is 4.79 Å². The predicted molar refractivity (Wildman–Crippen MR) is 150 cm³/mol. The molecule has 1 N–H and O–H groups in total. The Morgan fingerprint density at radius 2 is 1.77 bits per heavy atom. The highest BCUT2D eigenvalue weighted by Gasteiger charge is 2.21. The second-order valence-electron chi connectivity index (χ2n) is 8.13. The lowest BCUT2D eigenvalue weighted by Gasteiger charge is -2.22. The average Bonchev–Trinajstić information content (AvgIpc) is 3.20. The Morgan fingerprint density at radius 3 is 2.31 bits per heavy atom. The van der Waals surface area contributed by atoms with Gasteiger partial charge in [-0.2, -0.15) is 5.26 Å². The Labute approximate surface area is 217 Å². The van der Waals surface area contributed by atoms with Crippen LogP contribution in [0.5, 0.6) is 0 Å². The zero-order valence-electron chi connectivity index (χ0n) is 20.5. The molecule has 0 aliphatic rings. The maximum Gasteiger partial charge on any atom is 0.181 e. The van der Waals surface area contributed by atoms with E-state index >= 15 is 0 Å². The highest BCUT2D eigenvalue weighted by molar-refractivity contribution is 7.16. The first-order valence-electron chi connectivity index (χ1n) is 11.6. The van der Waals surface area contributed by atoms with Gasteiger partial charge in [-0.05, 0) is 72.2 Å². The number of hydrogen-bond acceptors (Lipinski definition) is 4. The van der Waals surface area contributed by atoms with E-state index in [1.54, 1.807) is 17.4 Å². The molecule has 178 valence electrons. The van der Waals surface area contributed by atoms with Gasteiger partial charge >= 0.3 is 0 Å². The van der Waals surface area contributed by atoms with Crippen LogP contribution in [0.2, 0.25) is 4.34 Å². The van der Waals surface area contributed by atoms with E-state index in [9.17, 15) is 10.1 Å². The lowest BCUT2D eigenvalue weighted by Crippen LogP contribution is -2.11. The monoisotopic (exact) mass is 500 g/mol. The molecule has 3 aromatic rings. The molecule has 5 heteroatoms. The summed E-state index contributed by atoms with van der Waals surface area (Å²) >= 11 is 8.30. The molecule has 1 aromatic heterocycles. The Morgan fingerprint density at radius 1 is 1.06 bits per heavy atom. The highest BCUT2D eigenvalue weighted by Crippen LogP contribution is 2.43. The Kier molecular flexibility index (Phi) is 9.25. The Balaban J connectivity index is 2.42. The number of aldehydes is 1. The number of aryl methyl sites for hydroxylation is 2. The summed E-state index contributed by atoms with van der Waals surface area (Å²) < 4.78 is 0.767. The van der Waals surface area contributed by atoms with Crippen molar-refractivity contribution in [2.75, 3.05) is 0 Å². The van der Waals surface area contributed by atoms with Crippen LogP contribution in [0.15, 0.2) is 66.2 Å². The summed E-state index contributed by atoms with van der Waals surface area (Å²) in [4.78, 5) is 11.9. The van der Waals surface area contributed by atoms with Gasteiger partial charge in [0.05, 0.1) is 5.70 Å². The molecule has 0 spiro atoms. The minimum atomic E-state index is 0.713. The molecule has 3 rings (SSSR count). The molecule has 0 radical (unpaired) electrons. The molecule has 0 amide bonds. The third kappa shape index (κ3) is 6.00. The van der Waals surface area contributed by atoms with E-state index in [1.807, 2.05) is 30.3 Å². The van der Waals surface area contributed by atoms with Crippen molar-refractivity contribution in [2.45, 2.75) is 40.5 Å². The first kappa shape index (κ1) is 26.2. The van der Waals surface area contributed by atoms with E-state index in [4.69, 9.17) is 11.6 Å². The molecule has 0 atom stereocenters. The quantitative estimate of drug-likeness (QED) is 0.105. The van der Waals surface area contributed by atoms with Crippen molar-refractivity contribution >= 4 is 52.1 Å². The van der Waals surface area contributed by atoms with E-state index < -0.39 is 0 Å². The molecule has 35 heavy (non-hydrogen) atoms. The third-order valence-electron chi connectivity index (χ3n) is 5.91. The molecular formula is C30H29ClN2OS. The van der Waals surface area contributed by atoms with Gasteiger partial charge in [-0.3, -0.25) is 10.1 Å². The summed E-state index contributed by atoms with van der Waals surface area (Å²) in [5.41, 5.74) is 9.16. The maximum atomic E-state index is 10.8. The van der Waals surface area contributed by atoms with E-state index in [1.165, 1.54) is 6.08 Å². The predicted octanol–water partition coefficient (Wildman–Crippen LogP) is 8.44. The maximum absolute atomic E-state index is 10.8. The minimum Gasteiger partial charge on any atom is -0.299 e. The van der Waals surface area contributed by atoms with Crippen LogP contribution in [-0.2, 0) is 4.79 Å². The number of carbonyl (C=O) groups is 1. The van der Waals surface area contributed by atoms with Crippen molar-refractivity contribution in [3.05, 3.63) is 103 Å². The van der Waals surface area contributed by atoms with Crippen LogP contribution >= 0.6 is 22.9 Å². The van der Waals surface area contributed by atoms with E-state index in [2.05, 4.69) is 63.5 Å². The van der Waals surface area contributed by atoms with Gasteiger partial charge in [0.1, 0.15) is 10.6 Å². The number of benzene rings is 2. The van der Waals surface area contributed by atoms with Gasteiger partial charge in [0, 0.05) is 16.0 Å². The number of allylic oxidation sites excluding steroid dienone is 4. The van der Waals surface area contributed by atoms with Crippen LogP contribution in [0.4, 0.5) is 0 Å². The second kappa shape index (κ2) is 12.4. The molecule has 0 saturated carbocycles. The zero-order chi connectivity index (χ0) is 25.4. The van der Waals surface area contributed by atoms with Crippen LogP contribution in [0.3, 0.4) is 0 Å². The van der Waals surface area contributed by atoms with Crippen LogP contribution in [0, 0.1) is 25.3 Å². The summed E-state index contributed by atoms with van der Waals surface area (Å²) in [6.45, 7) is 8.37. The summed E-state index contributed by atoms with van der Waals surface area (Å²) in [7, 11) is 0. The number of hydrogen-bond donors (Lipinski definition) is 1. The summed E-state index contributed by atoms with van der Waals surface area (Å²) in [6, 6.07) is 18.4. The third-order valence-corrected chi connectivity index (χ3v) is 7.18. The number of nitrogens with zero attached hydrogens (tertiary/aromatic N) is 1. The van der Waals surface area contributed by atoms with Crippen molar-refractivity contribution in [3.63, 3.8) is 0 Å². The van der Waals surface area contributed by atoms with Crippen molar-refractivity contribution in [1.29, 1.82) is 5.26 Å². The molecule has 0 aliphatic carbocycles. The van der Waals surface area contributed by atoms with Gasteiger partial charge in [-0.1, -0.05) is 80.1 Å². The topological polar surface area (TPSA) is 52.9 Å². The van der Waals surface area contributed by atoms with Crippen molar-refractivity contribution in [2.24, 2.45) is 0 Å². The minimum absolute atomic E-state index is 0.713. The molecule has 1 heterocycles. The standard InChI is InChI=1S/C30H29ClN2OS/c1-5-24(27-18-21(4)35-30(27)31)28(23-15-13-22(14-16-23)11-9-17-34)25(6-2)29(33-19-32)26-12-8-7-10-20(26)3/h7-18,33H,5-6H2,1-4H3/b11-9+,28-24+,29-25-. The summed E-state index contributed by atoms with van der Waals surface area (Å²) in [5, 5.41) is 12.7. The van der Waals surface area contributed by atoms with Crippen LogP contribution in [-0.4, -0.2) is 6.29 Å². The Hall–Kier alpha value is -3.39. The largest absolute Gasteiger partial charge is 0.299 e. The van der Waals surface area contributed by atoms with Gasteiger partial charge in [-0.15, -0.1) is 11.3 Å². The number of nitrogens with one attached hydrogen (secondary N) is 1. The number of halogens is 1. The molecule has 2 aromatic carbocycles. The lowest BCUT2D eigenvalue weighted by atomic mass is 9.84. The highest BCUT2D eigenvalue weighted by atomic mass is 35.5. The van der Waals surface area contributed by atoms with Gasteiger partial charge in [0.2, 0.25) is 0 Å². The van der Waals surface area contributed by atoms with Gasteiger partial charge < -0.3 is 0 Å². The summed E-state index contributed by atoms with van der Waals surface area (Å²) in [5.74, 6) is 0. The molecule has 0 unspecified atom stereocenters. The second-order valence-corrected chi connectivity index (χ2v) is 9.99. The van der Waals surface area contributed by atoms with Gasteiger partial charge in [-0.25, -0.2) is 0 Å². The van der Waals surface area contributed by atoms with Crippen molar-refractivity contribution in [1.82, 2.24) is 5.32 Å². The van der Waals surface area contributed by atoms with Crippen LogP contribution < -0.4 is 5.32 Å². The smallest absolute Gasteiger partial charge is 0.181 e. The molecule has 0 bridgehead atoms. The van der Waals surface area contributed by atoms with Crippen LogP contribution in [0.25, 0.3) is 22.9 Å². The first-order valence-corrected chi connectivity index (χ1v) is 12.8. The number of nitriles is 1. The average molecular weight is 501 g/mol. The van der Waals surface area contributed by atoms with Gasteiger partial charge in [0.15, 0.2) is 6.19 Å².